The average Bonchev–Trinajstić information content (AvgIpc) is 2.08. The zero-order valence-corrected chi connectivity index (χ0v) is 8.94. The van der Waals surface area contributed by atoms with E-state index in [-0.39, 0.29) is 0 Å². The van der Waals surface area contributed by atoms with Crippen LogP contribution in [0.15, 0.2) is 12.2 Å². The van der Waals surface area contributed by atoms with Crippen LogP contribution < -0.4 is 0 Å². The molecule has 0 aromatic heterocycles. The second-order valence-electron chi connectivity index (χ2n) is 4.21. The monoisotopic (exact) mass is 197 g/mol. The number of hydrogen-bond donors (Lipinski definition) is 1. The molecule has 1 N–H and O–H groups in total. The van der Waals surface area contributed by atoms with E-state index in [9.17, 15) is 4.79 Å². The van der Waals surface area contributed by atoms with Crippen LogP contribution in [0.25, 0.3) is 0 Å². The first-order valence-electron chi connectivity index (χ1n) is 5.23. The van der Waals surface area contributed by atoms with Gasteiger partial charge < -0.3 is 5.11 Å². The van der Waals surface area contributed by atoms with Gasteiger partial charge in [0.25, 0.3) is 0 Å². The molecule has 14 heavy (non-hydrogen) atoms. The summed E-state index contributed by atoms with van der Waals surface area (Å²) in [6, 6.07) is 0.581. The van der Waals surface area contributed by atoms with Crippen LogP contribution in [0.4, 0.5) is 0 Å². The second kappa shape index (κ2) is 5.15. The molecule has 1 saturated heterocycles. The highest BCUT2D eigenvalue weighted by Gasteiger charge is 2.21. The normalized spacial score (nSPS) is 29.6. The molecule has 1 rings (SSSR count). The molecule has 0 bridgehead atoms. The smallest absolute Gasteiger partial charge is 0.328 e. The van der Waals surface area contributed by atoms with Gasteiger partial charge in [-0.1, -0.05) is 13.0 Å². The lowest BCUT2D eigenvalue weighted by molar-refractivity contribution is -0.131. The first-order chi connectivity index (χ1) is 6.59. The molecule has 0 spiro atoms. The van der Waals surface area contributed by atoms with Crippen molar-refractivity contribution in [3.63, 3.8) is 0 Å². The number of carbonyl (C=O) groups is 1. The summed E-state index contributed by atoms with van der Waals surface area (Å²) in [6.07, 6.45) is 5.41. The van der Waals surface area contributed by atoms with Gasteiger partial charge in [0.15, 0.2) is 0 Å². The van der Waals surface area contributed by atoms with Crippen molar-refractivity contribution < 1.29 is 9.90 Å². The number of rotatable bonds is 3. The number of likely N-dealkylation sites (tertiary alicyclic amines) is 1. The Morgan fingerprint density at radius 3 is 2.86 bits per heavy atom. The fraction of sp³-hybridized carbons (Fsp3) is 0.727. The fourth-order valence-electron chi connectivity index (χ4n) is 2.02. The molecule has 0 saturated carbocycles. The predicted octanol–water partition coefficient (Wildman–Crippen LogP) is 1.75. The first kappa shape index (κ1) is 11.2. The Labute approximate surface area is 85.4 Å². The van der Waals surface area contributed by atoms with E-state index in [1.54, 1.807) is 6.08 Å². The minimum atomic E-state index is -0.858. The highest BCUT2D eigenvalue weighted by molar-refractivity contribution is 5.79. The van der Waals surface area contributed by atoms with Gasteiger partial charge in [-0.3, -0.25) is 4.90 Å². The standard InChI is InChI=1S/C11H19NO2/c1-9-5-7-12(10(2)8-9)6-3-4-11(13)14/h3-4,9-10H,5-8H2,1-2H3,(H,13,14)/b4-3+. The Morgan fingerprint density at radius 2 is 2.29 bits per heavy atom. The predicted molar refractivity (Wildman–Crippen MR) is 56.2 cm³/mol. The number of nitrogens with zero attached hydrogens (tertiary/aromatic N) is 1. The van der Waals surface area contributed by atoms with E-state index in [1.165, 1.54) is 18.9 Å². The Bertz CT molecular complexity index is 225. The molecule has 2 unspecified atom stereocenters. The topological polar surface area (TPSA) is 40.5 Å². The summed E-state index contributed by atoms with van der Waals surface area (Å²) >= 11 is 0. The molecule has 0 aromatic carbocycles. The Hall–Kier alpha value is -0.830. The third-order valence-electron chi connectivity index (χ3n) is 2.88. The first-order valence-corrected chi connectivity index (χ1v) is 5.23. The molecule has 3 heteroatoms. The highest BCUT2D eigenvalue weighted by atomic mass is 16.4. The number of piperidine rings is 1. The molecular formula is C11H19NO2. The minimum Gasteiger partial charge on any atom is -0.478 e. The van der Waals surface area contributed by atoms with Crippen molar-refractivity contribution in [2.24, 2.45) is 5.92 Å². The summed E-state index contributed by atoms with van der Waals surface area (Å²) in [5.41, 5.74) is 0. The van der Waals surface area contributed by atoms with Crippen LogP contribution in [0.5, 0.6) is 0 Å². The van der Waals surface area contributed by atoms with Crippen molar-refractivity contribution in [3.8, 4) is 0 Å². The summed E-state index contributed by atoms with van der Waals surface area (Å²) in [5, 5.41) is 8.45. The van der Waals surface area contributed by atoms with Gasteiger partial charge >= 0.3 is 5.97 Å². The zero-order valence-electron chi connectivity index (χ0n) is 8.94. The van der Waals surface area contributed by atoms with Gasteiger partial charge in [0.2, 0.25) is 0 Å². The van der Waals surface area contributed by atoms with Crippen molar-refractivity contribution in [1.29, 1.82) is 0 Å². The van der Waals surface area contributed by atoms with Gasteiger partial charge in [0.05, 0.1) is 0 Å². The third-order valence-corrected chi connectivity index (χ3v) is 2.88. The molecule has 80 valence electrons. The van der Waals surface area contributed by atoms with Crippen LogP contribution in [0.3, 0.4) is 0 Å². The van der Waals surface area contributed by atoms with Crippen LogP contribution in [0.1, 0.15) is 26.7 Å². The molecule has 0 aliphatic carbocycles. The molecule has 2 atom stereocenters. The van der Waals surface area contributed by atoms with Crippen molar-refractivity contribution in [2.45, 2.75) is 32.7 Å². The van der Waals surface area contributed by atoms with Crippen LogP contribution in [-0.4, -0.2) is 35.1 Å². The second-order valence-corrected chi connectivity index (χ2v) is 4.21. The van der Waals surface area contributed by atoms with Gasteiger partial charge in [-0.15, -0.1) is 0 Å². The Morgan fingerprint density at radius 1 is 1.57 bits per heavy atom. The van der Waals surface area contributed by atoms with E-state index >= 15 is 0 Å². The summed E-state index contributed by atoms with van der Waals surface area (Å²) in [6.45, 7) is 6.34. The maximum absolute atomic E-state index is 10.3. The Kier molecular flexibility index (Phi) is 4.14. The van der Waals surface area contributed by atoms with Crippen molar-refractivity contribution >= 4 is 5.97 Å². The molecule has 1 aliphatic heterocycles. The molecule has 0 radical (unpaired) electrons. The van der Waals surface area contributed by atoms with Gasteiger partial charge in [-0.2, -0.15) is 0 Å². The average molecular weight is 197 g/mol. The summed E-state index contributed by atoms with van der Waals surface area (Å²) in [5.74, 6) is -0.0484. The van der Waals surface area contributed by atoms with Gasteiger partial charge in [0, 0.05) is 18.7 Å². The molecule has 1 heterocycles. The third kappa shape index (κ3) is 3.50. The number of carboxylic acids is 1. The number of hydrogen-bond acceptors (Lipinski definition) is 2. The van der Waals surface area contributed by atoms with E-state index < -0.39 is 5.97 Å². The lowest BCUT2D eigenvalue weighted by Crippen LogP contribution is -2.40. The van der Waals surface area contributed by atoms with E-state index in [1.807, 2.05) is 0 Å². The van der Waals surface area contributed by atoms with Crippen LogP contribution >= 0.6 is 0 Å². The molecule has 1 aliphatic rings. The fourth-order valence-corrected chi connectivity index (χ4v) is 2.02. The van der Waals surface area contributed by atoms with E-state index in [4.69, 9.17) is 5.11 Å². The van der Waals surface area contributed by atoms with Crippen molar-refractivity contribution in [3.05, 3.63) is 12.2 Å². The molecule has 1 fully saturated rings. The van der Waals surface area contributed by atoms with Crippen LogP contribution in [0.2, 0.25) is 0 Å². The van der Waals surface area contributed by atoms with Gasteiger partial charge in [-0.25, -0.2) is 4.79 Å². The lowest BCUT2D eigenvalue weighted by Gasteiger charge is -2.35. The van der Waals surface area contributed by atoms with Gasteiger partial charge in [-0.05, 0) is 32.2 Å². The Balaban J connectivity index is 2.34. The molecular weight excluding hydrogens is 178 g/mol. The van der Waals surface area contributed by atoms with E-state index in [0.29, 0.717) is 6.04 Å². The summed E-state index contributed by atoms with van der Waals surface area (Å²) < 4.78 is 0. The number of aliphatic carboxylic acids is 1. The van der Waals surface area contributed by atoms with Gasteiger partial charge in [0.1, 0.15) is 0 Å². The van der Waals surface area contributed by atoms with E-state index in [2.05, 4.69) is 18.7 Å². The lowest BCUT2D eigenvalue weighted by atomic mass is 9.93. The van der Waals surface area contributed by atoms with E-state index in [0.717, 1.165) is 19.0 Å². The molecule has 0 amide bonds. The minimum absolute atomic E-state index is 0.581. The summed E-state index contributed by atoms with van der Waals surface area (Å²) in [4.78, 5) is 12.6. The van der Waals surface area contributed by atoms with Crippen LogP contribution in [-0.2, 0) is 4.79 Å². The molecule has 3 nitrogen and oxygen atoms in total. The maximum atomic E-state index is 10.3. The maximum Gasteiger partial charge on any atom is 0.328 e. The highest BCUT2D eigenvalue weighted by Crippen LogP contribution is 2.21. The SMILES string of the molecule is CC1CCN(C/C=C/C(=O)O)C(C)C1. The molecule has 0 aromatic rings. The zero-order chi connectivity index (χ0) is 10.6. The quantitative estimate of drug-likeness (QED) is 0.701. The number of carboxylic acid groups (broad SMARTS) is 1. The summed E-state index contributed by atoms with van der Waals surface area (Å²) in [7, 11) is 0. The largest absolute Gasteiger partial charge is 0.478 e. The van der Waals surface area contributed by atoms with Crippen LogP contribution in [0, 0.1) is 5.92 Å². The van der Waals surface area contributed by atoms with Crippen molar-refractivity contribution in [2.75, 3.05) is 13.1 Å². The van der Waals surface area contributed by atoms with Crippen molar-refractivity contribution in [1.82, 2.24) is 4.90 Å².